The fourth-order valence-corrected chi connectivity index (χ4v) is 6.24. The molecule has 1 aliphatic carbocycles. The summed E-state index contributed by atoms with van der Waals surface area (Å²) >= 11 is 1.20. The third-order valence-corrected chi connectivity index (χ3v) is 8.69. The number of amides is 2. The highest BCUT2D eigenvalue weighted by atomic mass is 32.2. The van der Waals surface area contributed by atoms with Gasteiger partial charge in [-0.25, -0.2) is 8.42 Å². The Morgan fingerprint density at radius 1 is 1.00 bits per heavy atom. The lowest BCUT2D eigenvalue weighted by molar-refractivity contribution is -0.117. The number of thiophene rings is 1. The normalized spacial score (nSPS) is 17.7. The molecule has 2 aliphatic rings. The number of nitrogens with one attached hydrogen (secondary N) is 2. The standard InChI is InChI=1S/C22H27N3O4S2/c1-15-6-9-17(14-19(15)31(28,29)25-12-4-2-3-5-13-25)23-22(27)18-10-11-20(30-18)24-21(26)16-7-8-16/h6,9-11,14,16H,2-5,7-8,12-13H2,1H3,(H,23,27)(H,24,26). The Morgan fingerprint density at radius 2 is 1.71 bits per heavy atom. The Bertz CT molecular complexity index is 1080. The third-order valence-electron chi connectivity index (χ3n) is 5.65. The molecule has 0 unspecified atom stereocenters. The molecule has 166 valence electrons. The van der Waals surface area contributed by atoms with E-state index in [2.05, 4.69) is 10.6 Å². The van der Waals surface area contributed by atoms with Crippen LogP contribution in [0.25, 0.3) is 0 Å². The second-order valence-corrected chi connectivity index (χ2v) is 11.2. The van der Waals surface area contributed by atoms with E-state index in [1.54, 1.807) is 35.5 Å². The minimum atomic E-state index is -3.61. The van der Waals surface area contributed by atoms with Gasteiger partial charge >= 0.3 is 0 Å². The molecule has 31 heavy (non-hydrogen) atoms. The van der Waals surface area contributed by atoms with E-state index in [0.29, 0.717) is 34.2 Å². The van der Waals surface area contributed by atoms with Crippen molar-refractivity contribution in [1.29, 1.82) is 0 Å². The largest absolute Gasteiger partial charge is 0.321 e. The molecule has 0 radical (unpaired) electrons. The van der Waals surface area contributed by atoms with E-state index in [0.717, 1.165) is 38.5 Å². The van der Waals surface area contributed by atoms with Gasteiger partial charge in [-0.15, -0.1) is 11.3 Å². The van der Waals surface area contributed by atoms with Gasteiger partial charge in [-0.05, 0) is 62.4 Å². The molecule has 0 bridgehead atoms. The quantitative estimate of drug-likeness (QED) is 0.673. The molecule has 2 aromatic rings. The fraction of sp³-hybridized carbons (Fsp3) is 0.455. The molecule has 0 spiro atoms. The molecule has 1 saturated heterocycles. The van der Waals surface area contributed by atoms with Gasteiger partial charge in [0.15, 0.2) is 0 Å². The van der Waals surface area contributed by atoms with Crippen LogP contribution in [0, 0.1) is 12.8 Å². The molecule has 1 saturated carbocycles. The van der Waals surface area contributed by atoms with Crippen molar-refractivity contribution in [2.24, 2.45) is 5.92 Å². The van der Waals surface area contributed by atoms with Crippen LogP contribution in [0.2, 0.25) is 0 Å². The summed E-state index contributed by atoms with van der Waals surface area (Å²) in [4.78, 5) is 25.3. The number of benzene rings is 1. The number of carbonyl (C=O) groups excluding carboxylic acids is 2. The molecular formula is C22H27N3O4S2. The summed E-state index contributed by atoms with van der Waals surface area (Å²) in [5.74, 6) is -0.244. The van der Waals surface area contributed by atoms with Crippen molar-refractivity contribution in [2.75, 3.05) is 23.7 Å². The van der Waals surface area contributed by atoms with E-state index in [4.69, 9.17) is 0 Å². The number of hydrogen-bond acceptors (Lipinski definition) is 5. The van der Waals surface area contributed by atoms with Gasteiger partial charge in [-0.1, -0.05) is 18.9 Å². The molecule has 2 N–H and O–H groups in total. The van der Waals surface area contributed by atoms with E-state index in [9.17, 15) is 18.0 Å². The minimum absolute atomic E-state index is 0.00398. The monoisotopic (exact) mass is 461 g/mol. The molecule has 7 nitrogen and oxygen atoms in total. The van der Waals surface area contributed by atoms with Gasteiger partial charge in [0.05, 0.1) is 14.8 Å². The summed E-state index contributed by atoms with van der Waals surface area (Å²) in [5, 5.41) is 6.26. The molecule has 2 amide bonds. The number of nitrogens with zero attached hydrogens (tertiary/aromatic N) is 1. The van der Waals surface area contributed by atoms with Crippen LogP contribution < -0.4 is 10.6 Å². The SMILES string of the molecule is Cc1ccc(NC(=O)c2ccc(NC(=O)C3CC3)s2)cc1S(=O)(=O)N1CCCCCC1. The molecule has 2 fully saturated rings. The summed E-state index contributed by atoms with van der Waals surface area (Å²) < 4.78 is 28.0. The molecule has 9 heteroatoms. The van der Waals surface area contributed by atoms with Crippen LogP contribution in [-0.4, -0.2) is 37.6 Å². The number of sulfonamides is 1. The van der Waals surface area contributed by atoms with E-state index in [1.165, 1.54) is 17.4 Å². The highest BCUT2D eigenvalue weighted by molar-refractivity contribution is 7.89. The maximum Gasteiger partial charge on any atom is 0.265 e. The van der Waals surface area contributed by atoms with Crippen LogP contribution in [0.4, 0.5) is 10.7 Å². The van der Waals surface area contributed by atoms with Crippen LogP contribution in [0.3, 0.4) is 0 Å². The van der Waals surface area contributed by atoms with Crippen molar-refractivity contribution in [3.63, 3.8) is 0 Å². The summed E-state index contributed by atoms with van der Waals surface area (Å²) in [6, 6.07) is 8.33. The number of hydrogen-bond donors (Lipinski definition) is 2. The average Bonchev–Trinajstić information content (AvgIpc) is 3.53. The van der Waals surface area contributed by atoms with Crippen molar-refractivity contribution in [3.05, 3.63) is 40.8 Å². The molecule has 1 aliphatic heterocycles. The zero-order valence-electron chi connectivity index (χ0n) is 17.5. The highest BCUT2D eigenvalue weighted by Crippen LogP contribution is 2.32. The second kappa shape index (κ2) is 9.10. The van der Waals surface area contributed by atoms with E-state index >= 15 is 0 Å². The summed E-state index contributed by atoms with van der Waals surface area (Å²) in [5.41, 5.74) is 1.09. The number of rotatable bonds is 6. The van der Waals surface area contributed by atoms with Crippen LogP contribution in [0.5, 0.6) is 0 Å². The number of carbonyl (C=O) groups is 2. The van der Waals surface area contributed by atoms with Crippen LogP contribution in [0.1, 0.15) is 53.8 Å². The molecule has 0 atom stereocenters. The Balaban J connectivity index is 1.48. The zero-order valence-corrected chi connectivity index (χ0v) is 19.2. The minimum Gasteiger partial charge on any atom is -0.321 e. The summed E-state index contributed by atoms with van der Waals surface area (Å²) in [6.45, 7) is 2.83. The number of aryl methyl sites for hydroxylation is 1. The van der Waals surface area contributed by atoms with E-state index in [1.807, 2.05) is 0 Å². The third kappa shape index (κ3) is 5.16. The smallest absolute Gasteiger partial charge is 0.265 e. The first kappa shape index (κ1) is 22.0. The van der Waals surface area contributed by atoms with Gasteiger partial charge in [-0.3, -0.25) is 9.59 Å². The first-order chi connectivity index (χ1) is 14.8. The predicted molar refractivity (Wildman–Crippen MR) is 122 cm³/mol. The fourth-order valence-electron chi connectivity index (χ4n) is 3.67. The van der Waals surface area contributed by atoms with Gasteiger partial charge in [0.25, 0.3) is 5.91 Å². The topological polar surface area (TPSA) is 95.6 Å². The van der Waals surface area contributed by atoms with Gasteiger partial charge in [0.1, 0.15) is 0 Å². The van der Waals surface area contributed by atoms with Crippen molar-refractivity contribution in [3.8, 4) is 0 Å². The van der Waals surface area contributed by atoms with Crippen molar-refractivity contribution in [1.82, 2.24) is 4.31 Å². The molecule has 2 heterocycles. The summed E-state index contributed by atoms with van der Waals surface area (Å²) in [6.07, 6.45) is 5.66. The summed E-state index contributed by atoms with van der Waals surface area (Å²) in [7, 11) is -3.61. The lowest BCUT2D eigenvalue weighted by Crippen LogP contribution is -2.32. The van der Waals surface area contributed by atoms with Crippen LogP contribution in [0.15, 0.2) is 35.2 Å². The molecule has 4 rings (SSSR count). The first-order valence-electron chi connectivity index (χ1n) is 10.7. The zero-order chi connectivity index (χ0) is 22.0. The highest BCUT2D eigenvalue weighted by Gasteiger charge is 2.30. The lowest BCUT2D eigenvalue weighted by Gasteiger charge is -2.21. The molecular weight excluding hydrogens is 434 g/mol. The van der Waals surface area contributed by atoms with E-state index < -0.39 is 10.0 Å². The van der Waals surface area contributed by atoms with Crippen molar-refractivity contribution in [2.45, 2.75) is 50.3 Å². The predicted octanol–water partition coefficient (Wildman–Crippen LogP) is 4.22. The average molecular weight is 462 g/mol. The van der Waals surface area contributed by atoms with Gasteiger partial charge in [0, 0.05) is 24.7 Å². The number of anilines is 2. The maximum absolute atomic E-state index is 13.2. The van der Waals surface area contributed by atoms with Crippen molar-refractivity contribution < 1.29 is 18.0 Å². The maximum atomic E-state index is 13.2. The van der Waals surface area contributed by atoms with Gasteiger partial charge < -0.3 is 10.6 Å². The Hall–Kier alpha value is -2.23. The second-order valence-electron chi connectivity index (χ2n) is 8.18. The van der Waals surface area contributed by atoms with Crippen LogP contribution in [-0.2, 0) is 14.8 Å². The van der Waals surface area contributed by atoms with Gasteiger partial charge in [-0.2, -0.15) is 4.31 Å². The molecule has 1 aromatic heterocycles. The Kier molecular flexibility index (Phi) is 6.45. The molecule has 1 aromatic carbocycles. The van der Waals surface area contributed by atoms with Crippen LogP contribution >= 0.6 is 11.3 Å². The Labute approximate surface area is 186 Å². The van der Waals surface area contributed by atoms with Crippen molar-refractivity contribution >= 4 is 43.9 Å². The van der Waals surface area contributed by atoms with E-state index in [-0.39, 0.29) is 22.6 Å². The van der Waals surface area contributed by atoms with Gasteiger partial charge in [0.2, 0.25) is 15.9 Å². The lowest BCUT2D eigenvalue weighted by atomic mass is 10.2. The first-order valence-corrected chi connectivity index (χ1v) is 12.9. The Morgan fingerprint density at radius 3 is 2.39 bits per heavy atom.